The predicted octanol–water partition coefficient (Wildman–Crippen LogP) is 0.871. The first-order chi connectivity index (χ1) is 8.22. The summed E-state index contributed by atoms with van der Waals surface area (Å²) in [6.45, 7) is 2.74. The maximum atomic E-state index is 11.5. The monoisotopic (exact) mass is 234 g/mol. The molecule has 0 heterocycles. The van der Waals surface area contributed by atoms with Gasteiger partial charge in [-0.05, 0) is 5.56 Å². The summed E-state index contributed by atoms with van der Waals surface area (Å²) in [7, 11) is 0. The van der Waals surface area contributed by atoms with Crippen LogP contribution in [0.1, 0.15) is 18.9 Å². The number of hydrogen-bond donors (Lipinski definition) is 2. The lowest BCUT2D eigenvalue weighted by molar-refractivity contribution is -0.122. The van der Waals surface area contributed by atoms with Gasteiger partial charge in [-0.15, -0.1) is 0 Å². The van der Waals surface area contributed by atoms with E-state index in [0.717, 1.165) is 5.56 Å². The van der Waals surface area contributed by atoms with Crippen molar-refractivity contribution in [3.05, 3.63) is 35.9 Å². The Morgan fingerprint density at radius 3 is 2.18 bits per heavy atom. The Morgan fingerprint density at radius 1 is 1.00 bits per heavy atom. The summed E-state index contributed by atoms with van der Waals surface area (Å²) < 4.78 is 0. The van der Waals surface area contributed by atoms with Crippen molar-refractivity contribution in [1.82, 2.24) is 10.6 Å². The molecule has 1 aromatic rings. The molecule has 1 rings (SSSR count). The quantitative estimate of drug-likeness (QED) is 0.718. The summed E-state index contributed by atoms with van der Waals surface area (Å²) >= 11 is 0. The second-order valence-corrected chi connectivity index (χ2v) is 3.72. The standard InChI is InChI=1S/C13H18N2O2/c1-2-12(16)14-8-9-15-13(17)10-11-6-4-3-5-7-11/h3-7H,2,8-10H2,1H3,(H,14,16)(H,15,17). The summed E-state index contributed by atoms with van der Waals surface area (Å²) in [6, 6.07) is 9.56. The molecule has 0 spiro atoms. The lowest BCUT2D eigenvalue weighted by Gasteiger charge is -2.06. The third-order valence-corrected chi connectivity index (χ3v) is 2.30. The second kappa shape index (κ2) is 7.44. The smallest absolute Gasteiger partial charge is 0.224 e. The fourth-order valence-electron chi connectivity index (χ4n) is 1.37. The van der Waals surface area contributed by atoms with Crippen molar-refractivity contribution in [2.24, 2.45) is 0 Å². The highest BCUT2D eigenvalue weighted by atomic mass is 16.2. The maximum Gasteiger partial charge on any atom is 0.224 e. The maximum absolute atomic E-state index is 11.5. The Hall–Kier alpha value is -1.84. The van der Waals surface area contributed by atoms with Crippen molar-refractivity contribution in [2.45, 2.75) is 19.8 Å². The first kappa shape index (κ1) is 13.2. The zero-order valence-electron chi connectivity index (χ0n) is 10.0. The largest absolute Gasteiger partial charge is 0.354 e. The molecule has 2 N–H and O–H groups in total. The van der Waals surface area contributed by atoms with Crippen molar-refractivity contribution < 1.29 is 9.59 Å². The molecule has 4 nitrogen and oxygen atoms in total. The molecule has 0 saturated carbocycles. The molecule has 0 saturated heterocycles. The van der Waals surface area contributed by atoms with Gasteiger partial charge in [0.15, 0.2) is 0 Å². The summed E-state index contributed by atoms with van der Waals surface area (Å²) in [5, 5.41) is 5.45. The minimum Gasteiger partial charge on any atom is -0.354 e. The van der Waals surface area contributed by atoms with E-state index in [4.69, 9.17) is 0 Å². The molecule has 0 aliphatic rings. The molecule has 92 valence electrons. The summed E-state index contributed by atoms with van der Waals surface area (Å²) in [4.78, 5) is 22.4. The van der Waals surface area contributed by atoms with Crippen molar-refractivity contribution in [3.63, 3.8) is 0 Å². The van der Waals surface area contributed by atoms with Crippen LogP contribution >= 0.6 is 0 Å². The Kier molecular flexibility index (Phi) is 5.79. The molecule has 1 aromatic carbocycles. The zero-order valence-corrected chi connectivity index (χ0v) is 10.0. The SMILES string of the molecule is CCC(=O)NCCNC(=O)Cc1ccccc1. The molecule has 4 heteroatoms. The Morgan fingerprint density at radius 2 is 1.59 bits per heavy atom. The number of rotatable bonds is 6. The van der Waals surface area contributed by atoms with E-state index >= 15 is 0 Å². The Balaban J connectivity index is 2.16. The number of amides is 2. The normalized spacial score (nSPS) is 9.71. The molecule has 2 amide bonds. The molecular formula is C13H18N2O2. The Labute approximate surface area is 101 Å². The van der Waals surface area contributed by atoms with Gasteiger partial charge in [0.1, 0.15) is 0 Å². The molecule has 17 heavy (non-hydrogen) atoms. The summed E-state index contributed by atoms with van der Waals surface area (Å²) in [6.07, 6.45) is 0.848. The number of carbonyl (C=O) groups excluding carboxylic acids is 2. The van der Waals surface area contributed by atoms with E-state index in [0.29, 0.717) is 25.9 Å². The topological polar surface area (TPSA) is 58.2 Å². The molecule has 0 fully saturated rings. The highest BCUT2D eigenvalue weighted by Gasteiger charge is 2.02. The third kappa shape index (κ3) is 5.70. The van der Waals surface area contributed by atoms with Gasteiger partial charge in [0.25, 0.3) is 0 Å². The van der Waals surface area contributed by atoms with Gasteiger partial charge >= 0.3 is 0 Å². The van der Waals surface area contributed by atoms with Crippen molar-refractivity contribution in [1.29, 1.82) is 0 Å². The van der Waals surface area contributed by atoms with E-state index in [-0.39, 0.29) is 11.8 Å². The number of carbonyl (C=O) groups is 2. The number of nitrogens with one attached hydrogen (secondary N) is 2. The molecular weight excluding hydrogens is 216 g/mol. The van der Waals surface area contributed by atoms with Crippen LogP contribution in [0, 0.1) is 0 Å². The van der Waals surface area contributed by atoms with Crippen LogP contribution in [0.2, 0.25) is 0 Å². The average Bonchev–Trinajstić information content (AvgIpc) is 2.35. The molecule has 0 unspecified atom stereocenters. The predicted molar refractivity (Wildman–Crippen MR) is 66.5 cm³/mol. The van der Waals surface area contributed by atoms with E-state index in [1.165, 1.54) is 0 Å². The third-order valence-electron chi connectivity index (χ3n) is 2.30. The van der Waals surface area contributed by atoms with Crippen molar-refractivity contribution in [2.75, 3.05) is 13.1 Å². The van der Waals surface area contributed by atoms with Gasteiger partial charge in [0.2, 0.25) is 11.8 Å². The van der Waals surface area contributed by atoms with Gasteiger partial charge in [-0.25, -0.2) is 0 Å². The van der Waals surface area contributed by atoms with Crippen LogP contribution in [0.5, 0.6) is 0 Å². The molecule has 0 radical (unpaired) electrons. The fourth-order valence-corrected chi connectivity index (χ4v) is 1.37. The molecule has 0 aliphatic heterocycles. The van der Waals surface area contributed by atoms with E-state index in [2.05, 4.69) is 10.6 Å². The molecule has 0 bridgehead atoms. The van der Waals surface area contributed by atoms with Crippen LogP contribution in [0.15, 0.2) is 30.3 Å². The van der Waals surface area contributed by atoms with Gasteiger partial charge in [-0.1, -0.05) is 37.3 Å². The second-order valence-electron chi connectivity index (χ2n) is 3.72. The first-order valence-electron chi connectivity index (χ1n) is 5.79. The lowest BCUT2D eigenvalue weighted by Crippen LogP contribution is -2.35. The van der Waals surface area contributed by atoms with E-state index in [1.807, 2.05) is 30.3 Å². The highest BCUT2D eigenvalue weighted by molar-refractivity contribution is 5.78. The van der Waals surface area contributed by atoms with Gasteiger partial charge in [-0.2, -0.15) is 0 Å². The average molecular weight is 234 g/mol. The van der Waals surface area contributed by atoms with Crippen LogP contribution in [-0.2, 0) is 16.0 Å². The zero-order chi connectivity index (χ0) is 12.5. The van der Waals surface area contributed by atoms with Gasteiger partial charge in [0, 0.05) is 19.5 Å². The van der Waals surface area contributed by atoms with E-state index in [1.54, 1.807) is 6.92 Å². The molecule has 0 atom stereocenters. The van der Waals surface area contributed by atoms with Crippen LogP contribution in [-0.4, -0.2) is 24.9 Å². The van der Waals surface area contributed by atoms with Crippen molar-refractivity contribution >= 4 is 11.8 Å². The fraction of sp³-hybridized carbons (Fsp3) is 0.385. The van der Waals surface area contributed by atoms with Gasteiger partial charge in [0.05, 0.1) is 6.42 Å². The van der Waals surface area contributed by atoms with Gasteiger partial charge < -0.3 is 10.6 Å². The van der Waals surface area contributed by atoms with E-state index in [9.17, 15) is 9.59 Å². The minimum atomic E-state index is -0.0260. The number of hydrogen-bond acceptors (Lipinski definition) is 2. The minimum absolute atomic E-state index is 0.00214. The lowest BCUT2D eigenvalue weighted by atomic mass is 10.1. The van der Waals surface area contributed by atoms with E-state index < -0.39 is 0 Å². The highest BCUT2D eigenvalue weighted by Crippen LogP contribution is 1.98. The van der Waals surface area contributed by atoms with Crippen LogP contribution < -0.4 is 10.6 Å². The van der Waals surface area contributed by atoms with Crippen LogP contribution in [0.25, 0.3) is 0 Å². The summed E-state index contributed by atoms with van der Waals surface area (Å²) in [5.41, 5.74) is 0.989. The van der Waals surface area contributed by atoms with Crippen LogP contribution in [0.4, 0.5) is 0 Å². The van der Waals surface area contributed by atoms with Crippen LogP contribution in [0.3, 0.4) is 0 Å². The Bertz CT molecular complexity index is 363. The molecule has 0 aromatic heterocycles. The molecule has 0 aliphatic carbocycles. The summed E-state index contributed by atoms with van der Waals surface area (Å²) in [5.74, 6) is -0.0238. The van der Waals surface area contributed by atoms with Gasteiger partial charge in [-0.3, -0.25) is 9.59 Å². The van der Waals surface area contributed by atoms with Crippen molar-refractivity contribution in [3.8, 4) is 0 Å². The number of benzene rings is 1. The first-order valence-corrected chi connectivity index (χ1v) is 5.79.